The molecule has 0 amide bonds. The predicted octanol–water partition coefficient (Wildman–Crippen LogP) is -0.269. The molecule has 1 fully saturated rings. The van der Waals surface area contributed by atoms with Gasteiger partial charge in [0, 0.05) is 26.3 Å². The van der Waals surface area contributed by atoms with E-state index in [1.807, 2.05) is 7.05 Å². The van der Waals surface area contributed by atoms with Crippen molar-refractivity contribution in [2.24, 2.45) is 0 Å². The smallest absolute Gasteiger partial charge is 0.0900 e. The second-order valence-corrected chi connectivity index (χ2v) is 4.18. The lowest BCUT2D eigenvalue weighted by Crippen LogP contribution is -2.39. The van der Waals surface area contributed by atoms with E-state index in [1.54, 1.807) is 7.11 Å². The van der Waals surface area contributed by atoms with Gasteiger partial charge in [-0.25, -0.2) is 0 Å². The van der Waals surface area contributed by atoms with Crippen LogP contribution >= 0.6 is 0 Å². The van der Waals surface area contributed by atoms with Crippen molar-refractivity contribution < 1.29 is 19.3 Å². The molecule has 2 unspecified atom stereocenters. The monoisotopic (exact) mass is 233 g/mol. The fraction of sp³-hybridized carbons (Fsp3) is 1.00. The van der Waals surface area contributed by atoms with Gasteiger partial charge >= 0.3 is 0 Å². The third-order valence-corrected chi connectivity index (χ3v) is 2.77. The summed E-state index contributed by atoms with van der Waals surface area (Å²) in [6, 6.07) is 0.439. The molecule has 0 bridgehead atoms. The highest BCUT2D eigenvalue weighted by Crippen LogP contribution is 2.10. The molecule has 16 heavy (non-hydrogen) atoms. The van der Waals surface area contributed by atoms with Gasteiger partial charge in [-0.1, -0.05) is 0 Å². The summed E-state index contributed by atoms with van der Waals surface area (Å²) in [6.45, 7) is 3.69. The van der Waals surface area contributed by atoms with Gasteiger partial charge in [0.1, 0.15) is 0 Å². The molecule has 0 aromatic heterocycles. The van der Waals surface area contributed by atoms with E-state index in [4.69, 9.17) is 14.2 Å². The average Bonchev–Trinajstić information content (AvgIpc) is 2.77. The Morgan fingerprint density at radius 2 is 2.31 bits per heavy atom. The molecule has 2 atom stereocenters. The number of aliphatic hydroxyl groups excluding tert-OH is 1. The largest absolute Gasteiger partial charge is 0.389 e. The molecule has 96 valence electrons. The Morgan fingerprint density at radius 3 is 2.94 bits per heavy atom. The minimum absolute atomic E-state index is 0.362. The van der Waals surface area contributed by atoms with Crippen LogP contribution in [-0.4, -0.2) is 75.9 Å². The Bertz CT molecular complexity index is 173. The zero-order valence-electron chi connectivity index (χ0n) is 10.2. The number of aliphatic hydroxyl groups is 1. The summed E-state index contributed by atoms with van der Waals surface area (Å²) >= 11 is 0. The molecule has 1 saturated heterocycles. The summed E-state index contributed by atoms with van der Waals surface area (Å²) in [5.41, 5.74) is 0. The molecule has 0 aromatic carbocycles. The topological polar surface area (TPSA) is 51.2 Å². The Hall–Kier alpha value is -0.200. The lowest BCUT2D eigenvalue weighted by atomic mass is 10.2. The molecule has 5 heteroatoms. The maximum absolute atomic E-state index is 9.73. The number of methoxy groups -OCH3 is 1. The number of likely N-dealkylation sites (N-methyl/N-ethyl adjacent to an activating group) is 1. The predicted molar refractivity (Wildman–Crippen MR) is 60.6 cm³/mol. The zero-order valence-corrected chi connectivity index (χ0v) is 10.2. The highest BCUT2D eigenvalue weighted by atomic mass is 16.5. The van der Waals surface area contributed by atoms with Gasteiger partial charge in [-0.3, -0.25) is 4.90 Å². The number of rotatable bonds is 8. The van der Waals surface area contributed by atoms with E-state index in [0.29, 0.717) is 32.4 Å². The van der Waals surface area contributed by atoms with Crippen LogP contribution < -0.4 is 0 Å². The summed E-state index contributed by atoms with van der Waals surface area (Å²) in [5, 5.41) is 9.73. The second kappa shape index (κ2) is 7.97. The van der Waals surface area contributed by atoms with E-state index < -0.39 is 6.10 Å². The molecular formula is C11H23NO4. The first-order valence-corrected chi connectivity index (χ1v) is 5.76. The van der Waals surface area contributed by atoms with Gasteiger partial charge in [0.15, 0.2) is 0 Å². The van der Waals surface area contributed by atoms with Gasteiger partial charge in [0.25, 0.3) is 0 Å². The molecule has 1 N–H and O–H groups in total. The Morgan fingerprint density at radius 1 is 1.50 bits per heavy atom. The van der Waals surface area contributed by atoms with E-state index >= 15 is 0 Å². The van der Waals surface area contributed by atoms with Crippen LogP contribution in [0.4, 0.5) is 0 Å². The number of nitrogens with zero attached hydrogens (tertiary/aromatic N) is 1. The minimum Gasteiger partial charge on any atom is -0.389 e. The summed E-state index contributed by atoms with van der Waals surface area (Å²) in [4.78, 5) is 2.14. The number of ether oxygens (including phenoxy) is 3. The number of hydrogen-bond donors (Lipinski definition) is 1. The maximum Gasteiger partial charge on any atom is 0.0900 e. The second-order valence-electron chi connectivity index (χ2n) is 4.18. The van der Waals surface area contributed by atoms with Gasteiger partial charge in [-0.15, -0.1) is 0 Å². The van der Waals surface area contributed by atoms with Gasteiger partial charge in [0.2, 0.25) is 0 Å². The summed E-state index contributed by atoms with van der Waals surface area (Å²) in [6.07, 6.45) is 0.607. The van der Waals surface area contributed by atoms with Crippen molar-refractivity contribution in [3.05, 3.63) is 0 Å². The van der Waals surface area contributed by atoms with Crippen LogP contribution in [0.15, 0.2) is 0 Å². The third-order valence-electron chi connectivity index (χ3n) is 2.77. The number of hydrogen-bond acceptors (Lipinski definition) is 5. The highest BCUT2D eigenvalue weighted by molar-refractivity contribution is 4.74. The quantitative estimate of drug-likeness (QED) is 0.585. The molecule has 0 aliphatic carbocycles. The van der Waals surface area contributed by atoms with Crippen molar-refractivity contribution in [2.45, 2.75) is 18.6 Å². The van der Waals surface area contributed by atoms with Gasteiger partial charge < -0.3 is 19.3 Å². The molecule has 0 radical (unpaired) electrons. The lowest BCUT2D eigenvalue weighted by Gasteiger charge is -2.25. The van der Waals surface area contributed by atoms with Crippen LogP contribution in [-0.2, 0) is 14.2 Å². The molecule has 1 aliphatic heterocycles. The lowest BCUT2D eigenvalue weighted by molar-refractivity contribution is -0.00276. The van der Waals surface area contributed by atoms with Crippen molar-refractivity contribution in [1.29, 1.82) is 0 Å². The first-order chi connectivity index (χ1) is 7.74. The first kappa shape index (κ1) is 13.9. The molecule has 1 heterocycles. The fourth-order valence-corrected chi connectivity index (χ4v) is 1.77. The van der Waals surface area contributed by atoms with Crippen LogP contribution in [0.2, 0.25) is 0 Å². The van der Waals surface area contributed by atoms with Crippen LogP contribution in [0.1, 0.15) is 6.42 Å². The molecule has 5 nitrogen and oxygen atoms in total. The summed E-state index contributed by atoms with van der Waals surface area (Å²) < 4.78 is 15.4. The first-order valence-electron chi connectivity index (χ1n) is 5.76. The summed E-state index contributed by atoms with van der Waals surface area (Å²) in [5.74, 6) is 0. The van der Waals surface area contributed by atoms with Gasteiger partial charge in [0.05, 0.1) is 32.5 Å². The SMILES string of the molecule is COCCOCC(O)CN(C)C1CCOC1. The average molecular weight is 233 g/mol. The van der Waals surface area contributed by atoms with E-state index in [2.05, 4.69) is 4.90 Å². The van der Waals surface area contributed by atoms with E-state index in [9.17, 15) is 5.11 Å². The van der Waals surface area contributed by atoms with E-state index in [-0.39, 0.29) is 0 Å². The molecule has 0 saturated carbocycles. The van der Waals surface area contributed by atoms with Crippen molar-refractivity contribution in [2.75, 3.05) is 53.7 Å². The highest BCUT2D eigenvalue weighted by Gasteiger charge is 2.21. The third kappa shape index (κ3) is 5.23. The minimum atomic E-state index is -0.442. The molecular weight excluding hydrogens is 210 g/mol. The standard InChI is InChI=1S/C11H23NO4/c1-12(10-3-4-15-8-10)7-11(13)9-16-6-5-14-2/h10-11,13H,3-9H2,1-2H3. The van der Waals surface area contributed by atoms with Crippen LogP contribution in [0, 0.1) is 0 Å². The van der Waals surface area contributed by atoms with Crippen LogP contribution in [0.5, 0.6) is 0 Å². The Balaban J connectivity index is 2.05. The van der Waals surface area contributed by atoms with Crippen molar-refractivity contribution in [3.8, 4) is 0 Å². The van der Waals surface area contributed by atoms with Gasteiger partial charge in [-0.05, 0) is 13.5 Å². The Kier molecular flexibility index (Phi) is 6.91. The van der Waals surface area contributed by atoms with Gasteiger partial charge in [-0.2, -0.15) is 0 Å². The molecule has 0 aromatic rings. The van der Waals surface area contributed by atoms with Crippen molar-refractivity contribution in [1.82, 2.24) is 4.90 Å². The van der Waals surface area contributed by atoms with Crippen LogP contribution in [0.3, 0.4) is 0 Å². The van der Waals surface area contributed by atoms with E-state index in [0.717, 1.165) is 19.6 Å². The maximum atomic E-state index is 9.73. The van der Waals surface area contributed by atoms with Crippen LogP contribution in [0.25, 0.3) is 0 Å². The summed E-state index contributed by atoms with van der Waals surface area (Å²) in [7, 11) is 3.64. The molecule has 1 aliphatic rings. The molecule has 1 rings (SSSR count). The normalized spacial score (nSPS) is 22.9. The van der Waals surface area contributed by atoms with E-state index in [1.165, 1.54) is 0 Å². The fourth-order valence-electron chi connectivity index (χ4n) is 1.77. The van der Waals surface area contributed by atoms with Crippen molar-refractivity contribution >= 4 is 0 Å². The van der Waals surface area contributed by atoms with Crippen molar-refractivity contribution in [3.63, 3.8) is 0 Å². The zero-order chi connectivity index (χ0) is 11.8. The molecule has 0 spiro atoms. The Labute approximate surface area is 97.3 Å².